The number of ether oxygens (including phenoxy) is 2. The molecule has 1 heterocycles. The van der Waals surface area contributed by atoms with Crippen LogP contribution in [0.15, 0.2) is 48.1 Å². The molecule has 0 spiro atoms. The fourth-order valence-corrected chi connectivity index (χ4v) is 5.08. The number of fused-ring (bicyclic) bond motifs is 3. The minimum Gasteiger partial charge on any atom is -0.508 e. The number of aliphatic hydroxyl groups is 1. The van der Waals surface area contributed by atoms with Crippen LogP contribution in [0.25, 0.3) is 0 Å². The number of hydrogen-bond acceptors (Lipinski definition) is 6. The average molecular weight is 398 g/mol. The van der Waals surface area contributed by atoms with E-state index in [1.807, 2.05) is 13.0 Å². The molecule has 0 aromatic heterocycles. The molecule has 1 aromatic carbocycles. The van der Waals surface area contributed by atoms with Gasteiger partial charge in [-0.05, 0) is 42.5 Å². The van der Waals surface area contributed by atoms with Crippen LogP contribution in [0.4, 0.5) is 0 Å². The van der Waals surface area contributed by atoms with Crippen molar-refractivity contribution in [1.29, 1.82) is 0 Å². The molecule has 0 amide bonds. The first-order valence-corrected chi connectivity index (χ1v) is 10.00. The standard InChI is InChI=1S/C23H26O6/c1-13-17-9-10-23(2)18(25)8-5-15(20(23)21(17)29-22(13)27)12-28-19(26)11-14-3-6-16(24)7-4-14/h3-7,17-18,20-21,24-25H,1,8-12H2,2H3/t17-,18+,20+,21-,23-/m0/s1. The highest BCUT2D eigenvalue weighted by Crippen LogP contribution is 2.56. The fourth-order valence-electron chi connectivity index (χ4n) is 5.08. The molecule has 2 fully saturated rings. The van der Waals surface area contributed by atoms with E-state index in [0.29, 0.717) is 12.0 Å². The maximum absolute atomic E-state index is 12.3. The summed E-state index contributed by atoms with van der Waals surface area (Å²) in [6.45, 7) is 6.03. The Morgan fingerprint density at radius 2 is 2.07 bits per heavy atom. The highest BCUT2D eigenvalue weighted by molar-refractivity contribution is 5.91. The lowest BCUT2D eigenvalue weighted by Gasteiger charge is -2.51. The number of aromatic hydroxyl groups is 1. The van der Waals surface area contributed by atoms with Gasteiger partial charge in [-0.15, -0.1) is 0 Å². The van der Waals surface area contributed by atoms with E-state index < -0.39 is 11.5 Å². The molecule has 0 radical (unpaired) electrons. The number of phenolic OH excluding ortho intramolecular Hbond substituents is 1. The first kappa shape index (κ1) is 19.7. The smallest absolute Gasteiger partial charge is 0.334 e. The second-order valence-electron chi connectivity index (χ2n) is 8.56. The predicted molar refractivity (Wildman–Crippen MR) is 105 cm³/mol. The third-order valence-corrected chi connectivity index (χ3v) is 6.83. The van der Waals surface area contributed by atoms with Crippen LogP contribution in [0, 0.1) is 17.3 Å². The van der Waals surface area contributed by atoms with E-state index in [9.17, 15) is 19.8 Å². The first-order chi connectivity index (χ1) is 13.8. The van der Waals surface area contributed by atoms with Gasteiger partial charge in [0.25, 0.3) is 0 Å². The Bertz CT molecular complexity index is 870. The minimum atomic E-state index is -0.530. The second-order valence-corrected chi connectivity index (χ2v) is 8.56. The van der Waals surface area contributed by atoms with Gasteiger partial charge in [0.15, 0.2) is 0 Å². The van der Waals surface area contributed by atoms with Crippen LogP contribution in [-0.4, -0.2) is 41.0 Å². The zero-order valence-electron chi connectivity index (χ0n) is 16.5. The molecule has 29 heavy (non-hydrogen) atoms. The van der Waals surface area contributed by atoms with E-state index in [2.05, 4.69) is 6.58 Å². The Hall–Kier alpha value is -2.60. The summed E-state index contributed by atoms with van der Waals surface area (Å²) in [6.07, 6.45) is 3.13. The van der Waals surface area contributed by atoms with Crippen molar-refractivity contribution in [2.75, 3.05) is 6.61 Å². The van der Waals surface area contributed by atoms with Gasteiger partial charge in [0.05, 0.1) is 12.5 Å². The third kappa shape index (κ3) is 3.46. The molecule has 5 atom stereocenters. The molecular formula is C23H26O6. The molecule has 0 bridgehead atoms. The molecule has 2 aliphatic carbocycles. The lowest BCUT2D eigenvalue weighted by atomic mass is 9.55. The van der Waals surface area contributed by atoms with Crippen molar-refractivity contribution in [3.05, 3.63) is 53.6 Å². The first-order valence-electron chi connectivity index (χ1n) is 10.00. The number of hydrogen-bond donors (Lipinski definition) is 2. The van der Waals surface area contributed by atoms with Crippen molar-refractivity contribution >= 4 is 11.9 Å². The maximum Gasteiger partial charge on any atom is 0.334 e. The van der Waals surface area contributed by atoms with E-state index in [1.54, 1.807) is 12.1 Å². The summed E-state index contributed by atoms with van der Waals surface area (Å²) in [5.74, 6) is -0.846. The van der Waals surface area contributed by atoms with Gasteiger partial charge in [0.2, 0.25) is 0 Å². The summed E-state index contributed by atoms with van der Waals surface area (Å²) < 4.78 is 11.2. The third-order valence-electron chi connectivity index (χ3n) is 6.83. The fraction of sp³-hybridized carbons (Fsp3) is 0.478. The lowest BCUT2D eigenvalue weighted by Crippen LogP contribution is -2.53. The van der Waals surface area contributed by atoms with Crippen molar-refractivity contribution in [1.82, 2.24) is 0 Å². The Kier molecular flexibility index (Phi) is 4.99. The molecule has 6 nitrogen and oxygen atoms in total. The Morgan fingerprint density at radius 1 is 1.34 bits per heavy atom. The number of esters is 2. The zero-order valence-corrected chi connectivity index (χ0v) is 16.5. The summed E-state index contributed by atoms with van der Waals surface area (Å²) in [4.78, 5) is 24.4. The molecule has 6 heteroatoms. The van der Waals surface area contributed by atoms with Gasteiger partial charge >= 0.3 is 11.9 Å². The molecule has 1 saturated carbocycles. The zero-order chi connectivity index (χ0) is 20.8. The van der Waals surface area contributed by atoms with E-state index in [0.717, 1.165) is 24.0 Å². The SMILES string of the molecule is C=C1C(=O)O[C@@H]2[C@H]3C(COC(=O)Cc4ccc(O)cc4)=CC[C@@H](O)[C@]3(C)CC[C@@H]12. The van der Waals surface area contributed by atoms with Crippen LogP contribution < -0.4 is 0 Å². The van der Waals surface area contributed by atoms with E-state index in [1.165, 1.54) is 12.1 Å². The Morgan fingerprint density at radius 3 is 2.79 bits per heavy atom. The lowest BCUT2D eigenvalue weighted by molar-refractivity contribution is -0.152. The Labute approximate surface area is 169 Å². The number of benzene rings is 1. The highest BCUT2D eigenvalue weighted by atomic mass is 16.6. The number of aliphatic hydroxyl groups excluding tert-OH is 1. The topological polar surface area (TPSA) is 93.1 Å². The largest absolute Gasteiger partial charge is 0.508 e. The second kappa shape index (κ2) is 7.34. The van der Waals surface area contributed by atoms with Crippen LogP contribution in [0.2, 0.25) is 0 Å². The van der Waals surface area contributed by atoms with Gasteiger partial charge < -0.3 is 19.7 Å². The molecule has 3 aliphatic rings. The summed E-state index contributed by atoms with van der Waals surface area (Å²) in [5.41, 5.74) is 1.72. The van der Waals surface area contributed by atoms with Crippen molar-refractivity contribution < 1.29 is 29.3 Å². The summed E-state index contributed by atoms with van der Waals surface area (Å²) >= 11 is 0. The summed E-state index contributed by atoms with van der Waals surface area (Å²) in [7, 11) is 0. The molecule has 0 unspecified atom stereocenters. The molecule has 4 rings (SSSR count). The van der Waals surface area contributed by atoms with Gasteiger partial charge in [-0.1, -0.05) is 31.7 Å². The van der Waals surface area contributed by atoms with Crippen molar-refractivity contribution in [3.63, 3.8) is 0 Å². The number of phenols is 1. The van der Waals surface area contributed by atoms with Gasteiger partial charge in [-0.2, -0.15) is 0 Å². The predicted octanol–water partition coefficient (Wildman–Crippen LogP) is 2.68. The van der Waals surface area contributed by atoms with E-state index in [4.69, 9.17) is 9.47 Å². The monoisotopic (exact) mass is 398 g/mol. The number of carbonyl (C=O) groups excluding carboxylic acids is 2. The molecule has 1 aliphatic heterocycles. The van der Waals surface area contributed by atoms with Crippen LogP contribution in [0.3, 0.4) is 0 Å². The quantitative estimate of drug-likeness (QED) is 0.460. The maximum atomic E-state index is 12.3. The van der Waals surface area contributed by atoms with Crippen LogP contribution >= 0.6 is 0 Å². The van der Waals surface area contributed by atoms with Crippen molar-refractivity contribution in [2.24, 2.45) is 17.3 Å². The molecule has 154 valence electrons. The molecule has 2 N–H and O–H groups in total. The summed E-state index contributed by atoms with van der Waals surface area (Å²) in [5, 5.41) is 20.0. The van der Waals surface area contributed by atoms with Crippen molar-refractivity contribution in [2.45, 2.75) is 44.8 Å². The van der Waals surface area contributed by atoms with Gasteiger partial charge in [0.1, 0.15) is 18.5 Å². The highest BCUT2D eigenvalue weighted by Gasteiger charge is 2.58. The summed E-state index contributed by atoms with van der Waals surface area (Å²) in [6, 6.07) is 6.42. The number of carbonyl (C=O) groups is 2. The van der Waals surface area contributed by atoms with Crippen LogP contribution in [-0.2, 0) is 25.5 Å². The van der Waals surface area contributed by atoms with E-state index >= 15 is 0 Å². The minimum absolute atomic E-state index is 0.0537. The number of rotatable bonds is 4. The van der Waals surface area contributed by atoms with Gasteiger partial charge in [0, 0.05) is 22.8 Å². The molecular weight excluding hydrogens is 372 g/mol. The molecule has 1 aromatic rings. The molecule has 1 saturated heterocycles. The van der Waals surface area contributed by atoms with Crippen LogP contribution in [0.5, 0.6) is 5.75 Å². The Balaban J connectivity index is 1.49. The van der Waals surface area contributed by atoms with E-state index in [-0.39, 0.29) is 48.7 Å². The van der Waals surface area contributed by atoms with Gasteiger partial charge in [-0.25, -0.2) is 4.79 Å². The van der Waals surface area contributed by atoms with Crippen LogP contribution in [0.1, 0.15) is 31.7 Å². The van der Waals surface area contributed by atoms with Gasteiger partial charge in [-0.3, -0.25) is 4.79 Å². The average Bonchev–Trinajstić information content (AvgIpc) is 2.97. The van der Waals surface area contributed by atoms with Crippen molar-refractivity contribution in [3.8, 4) is 5.75 Å². The normalized spacial score (nSPS) is 33.4.